The van der Waals surface area contributed by atoms with Crippen LogP contribution in [0.5, 0.6) is 0 Å². The van der Waals surface area contributed by atoms with Gasteiger partial charge in [-0.1, -0.05) is 27.2 Å². The number of Topliss-reactive ketones (excluding diaryl/α,β-unsaturated/α-hetero) is 1. The summed E-state index contributed by atoms with van der Waals surface area (Å²) in [6.07, 6.45) is 6.15. The van der Waals surface area contributed by atoms with Gasteiger partial charge in [-0.05, 0) is 38.5 Å². The van der Waals surface area contributed by atoms with E-state index in [1.807, 2.05) is 13.8 Å². The normalized spacial score (nSPS) is 27.4. The third kappa shape index (κ3) is 4.44. The van der Waals surface area contributed by atoms with Crippen molar-refractivity contribution in [1.82, 2.24) is 0 Å². The van der Waals surface area contributed by atoms with Gasteiger partial charge in [-0.25, -0.2) is 0 Å². The Kier molecular flexibility index (Phi) is 6.93. The van der Waals surface area contributed by atoms with Gasteiger partial charge in [-0.2, -0.15) is 0 Å². The highest BCUT2D eigenvalue weighted by Gasteiger charge is 2.22. The maximum atomic E-state index is 11.0. The average Bonchev–Trinajstić information content (AvgIpc) is 2.21. The Morgan fingerprint density at radius 3 is 1.92 bits per heavy atom. The van der Waals surface area contributed by atoms with E-state index in [0.717, 1.165) is 18.8 Å². The molecule has 0 heterocycles. The Labute approximate surface area is 82.9 Å². The minimum absolute atomic E-state index is 0.401. The summed E-state index contributed by atoms with van der Waals surface area (Å²) < 4.78 is 0. The van der Waals surface area contributed by atoms with E-state index < -0.39 is 0 Å². The maximum Gasteiger partial charge on any atom is 0.132 e. The monoisotopic (exact) mass is 184 g/mol. The molecular formula is C12H24O. The summed E-state index contributed by atoms with van der Waals surface area (Å²) in [5.74, 6) is 1.71. The first kappa shape index (κ1) is 12.7. The molecule has 0 radical (unpaired) electrons. The van der Waals surface area contributed by atoms with Gasteiger partial charge in [0.1, 0.15) is 5.78 Å². The molecule has 0 amide bonds. The van der Waals surface area contributed by atoms with Crippen molar-refractivity contribution in [1.29, 1.82) is 0 Å². The van der Waals surface area contributed by atoms with Crippen LogP contribution in [-0.4, -0.2) is 5.78 Å². The van der Waals surface area contributed by atoms with Crippen molar-refractivity contribution >= 4 is 5.78 Å². The lowest BCUT2D eigenvalue weighted by Crippen LogP contribution is -2.19. The lowest BCUT2D eigenvalue weighted by Gasteiger charge is -2.25. The predicted octanol–water partition coefficient (Wildman–Crippen LogP) is 3.82. The molecule has 1 nitrogen and oxygen atoms in total. The molecule has 0 N–H and O–H groups in total. The van der Waals surface area contributed by atoms with Gasteiger partial charge in [-0.3, -0.25) is 4.79 Å². The third-order valence-electron chi connectivity index (χ3n) is 3.00. The van der Waals surface area contributed by atoms with Crippen LogP contribution >= 0.6 is 0 Å². The van der Waals surface area contributed by atoms with Gasteiger partial charge in [0.25, 0.3) is 0 Å². The molecule has 1 rings (SSSR count). The number of carbonyl (C=O) groups is 1. The number of carbonyl (C=O) groups excluding carboxylic acids is 1. The first-order chi connectivity index (χ1) is 6.24. The largest absolute Gasteiger partial charge is 0.300 e. The van der Waals surface area contributed by atoms with Crippen LogP contribution in [0.4, 0.5) is 0 Å². The molecule has 1 fully saturated rings. The van der Waals surface area contributed by atoms with Gasteiger partial charge >= 0.3 is 0 Å². The highest BCUT2D eigenvalue weighted by molar-refractivity contribution is 5.78. The first-order valence-corrected chi connectivity index (χ1v) is 5.74. The molecule has 0 unspecified atom stereocenters. The van der Waals surface area contributed by atoms with Crippen molar-refractivity contribution in [2.24, 2.45) is 11.8 Å². The smallest absolute Gasteiger partial charge is 0.132 e. The minimum Gasteiger partial charge on any atom is -0.300 e. The Morgan fingerprint density at radius 1 is 1.15 bits per heavy atom. The molecule has 1 saturated carbocycles. The lowest BCUT2D eigenvalue weighted by molar-refractivity contribution is -0.121. The van der Waals surface area contributed by atoms with E-state index in [1.54, 1.807) is 6.92 Å². The zero-order valence-corrected chi connectivity index (χ0v) is 9.60. The fourth-order valence-electron chi connectivity index (χ4n) is 1.98. The van der Waals surface area contributed by atoms with Crippen molar-refractivity contribution in [3.8, 4) is 0 Å². The highest BCUT2D eigenvalue weighted by Crippen LogP contribution is 2.30. The number of hydrogen-bond donors (Lipinski definition) is 0. The van der Waals surface area contributed by atoms with Crippen molar-refractivity contribution in [2.45, 2.75) is 59.8 Å². The third-order valence-corrected chi connectivity index (χ3v) is 3.00. The Balaban J connectivity index is 0.000000671. The van der Waals surface area contributed by atoms with Gasteiger partial charge in [0.2, 0.25) is 0 Å². The van der Waals surface area contributed by atoms with Crippen LogP contribution in [0.1, 0.15) is 59.8 Å². The second-order valence-electron chi connectivity index (χ2n) is 3.74. The summed E-state index contributed by atoms with van der Waals surface area (Å²) in [4.78, 5) is 11.0. The molecule has 1 heteroatoms. The van der Waals surface area contributed by atoms with Crippen molar-refractivity contribution in [3.05, 3.63) is 0 Å². The SMILES string of the molecule is CC.CCC1CCC(C(C)=O)CC1. The molecule has 78 valence electrons. The standard InChI is InChI=1S/C10H18O.C2H6/c1-3-9-4-6-10(7-5-9)8(2)11;1-2/h9-10H,3-7H2,1-2H3;1-2H3. The molecule has 0 spiro atoms. The fraction of sp³-hybridized carbons (Fsp3) is 0.917. The van der Waals surface area contributed by atoms with E-state index in [4.69, 9.17) is 0 Å². The predicted molar refractivity (Wildman–Crippen MR) is 57.8 cm³/mol. The van der Waals surface area contributed by atoms with Crippen molar-refractivity contribution < 1.29 is 4.79 Å². The number of rotatable bonds is 2. The summed E-state index contributed by atoms with van der Waals surface area (Å²) in [5.41, 5.74) is 0. The van der Waals surface area contributed by atoms with Gasteiger partial charge < -0.3 is 0 Å². The number of ketones is 1. The lowest BCUT2D eigenvalue weighted by atomic mass is 9.79. The van der Waals surface area contributed by atoms with Crippen LogP contribution < -0.4 is 0 Å². The van der Waals surface area contributed by atoms with Crippen molar-refractivity contribution in [3.63, 3.8) is 0 Å². The van der Waals surface area contributed by atoms with E-state index in [2.05, 4.69) is 6.92 Å². The summed E-state index contributed by atoms with van der Waals surface area (Å²) in [6.45, 7) is 7.98. The van der Waals surface area contributed by atoms with E-state index in [1.165, 1.54) is 19.3 Å². The van der Waals surface area contributed by atoms with Gasteiger partial charge in [0.15, 0.2) is 0 Å². The van der Waals surface area contributed by atoms with Gasteiger partial charge in [0, 0.05) is 5.92 Å². The number of hydrogen-bond acceptors (Lipinski definition) is 1. The molecule has 0 aliphatic heterocycles. The van der Waals surface area contributed by atoms with Gasteiger partial charge in [-0.15, -0.1) is 0 Å². The summed E-state index contributed by atoms with van der Waals surface area (Å²) in [6, 6.07) is 0. The van der Waals surface area contributed by atoms with Crippen LogP contribution in [0, 0.1) is 11.8 Å². The fourth-order valence-corrected chi connectivity index (χ4v) is 1.98. The molecule has 0 bridgehead atoms. The van der Waals surface area contributed by atoms with E-state index in [9.17, 15) is 4.79 Å². The zero-order valence-electron chi connectivity index (χ0n) is 9.60. The van der Waals surface area contributed by atoms with Crippen LogP contribution in [0.25, 0.3) is 0 Å². The minimum atomic E-state index is 0.401. The molecular weight excluding hydrogens is 160 g/mol. The summed E-state index contributed by atoms with van der Waals surface area (Å²) in [7, 11) is 0. The summed E-state index contributed by atoms with van der Waals surface area (Å²) in [5, 5.41) is 0. The second kappa shape index (κ2) is 7.11. The van der Waals surface area contributed by atoms with Crippen LogP contribution in [-0.2, 0) is 4.79 Å². The maximum absolute atomic E-state index is 11.0. The van der Waals surface area contributed by atoms with Crippen molar-refractivity contribution in [2.75, 3.05) is 0 Å². The summed E-state index contributed by atoms with van der Waals surface area (Å²) >= 11 is 0. The Morgan fingerprint density at radius 2 is 1.62 bits per heavy atom. The average molecular weight is 184 g/mol. The molecule has 0 atom stereocenters. The van der Waals surface area contributed by atoms with E-state index in [-0.39, 0.29) is 0 Å². The molecule has 13 heavy (non-hydrogen) atoms. The molecule has 0 aromatic heterocycles. The highest BCUT2D eigenvalue weighted by atomic mass is 16.1. The Bertz CT molecular complexity index is 132. The van der Waals surface area contributed by atoms with Crippen LogP contribution in [0.2, 0.25) is 0 Å². The topological polar surface area (TPSA) is 17.1 Å². The quantitative estimate of drug-likeness (QED) is 0.637. The first-order valence-electron chi connectivity index (χ1n) is 5.74. The van der Waals surface area contributed by atoms with Gasteiger partial charge in [0.05, 0.1) is 0 Å². The molecule has 1 aliphatic carbocycles. The zero-order chi connectivity index (χ0) is 10.3. The molecule has 0 aromatic rings. The Hall–Kier alpha value is -0.330. The van der Waals surface area contributed by atoms with E-state index >= 15 is 0 Å². The molecule has 1 aliphatic rings. The second-order valence-corrected chi connectivity index (χ2v) is 3.74. The molecule has 0 saturated heterocycles. The molecule has 0 aromatic carbocycles. The van der Waals surface area contributed by atoms with Crippen LogP contribution in [0.3, 0.4) is 0 Å². The van der Waals surface area contributed by atoms with E-state index in [0.29, 0.717) is 11.7 Å². The van der Waals surface area contributed by atoms with Crippen LogP contribution in [0.15, 0.2) is 0 Å².